The molecule has 1 fully saturated rings. The largest absolute Gasteiger partial charge is 0.478 e. The summed E-state index contributed by atoms with van der Waals surface area (Å²) in [5, 5.41) is 9.34. The summed E-state index contributed by atoms with van der Waals surface area (Å²) in [6, 6.07) is 0. The smallest absolute Gasteiger partial charge is 0.331 e. The Bertz CT molecular complexity index is 442. The predicted molar refractivity (Wildman–Crippen MR) is 95.5 cm³/mol. The third kappa shape index (κ3) is 8.36. The highest BCUT2D eigenvalue weighted by molar-refractivity contribution is 5.88. The van der Waals surface area contributed by atoms with E-state index in [0.717, 1.165) is 31.3 Å². The van der Waals surface area contributed by atoms with Gasteiger partial charge in [0.15, 0.2) is 0 Å². The van der Waals surface area contributed by atoms with E-state index >= 15 is 0 Å². The van der Waals surface area contributed by atoms with Gasteiger partial charge in [-0.3, -0.25) is 0 Å². The number of allylic oxidation sites excluding steroid dienone is 3. The van der Waals surface area contributed by atoms with Crippen molar-refractivity contribution in [3.63, 3.8) is 0 Å². The molecule has 0 bridgehead atoms. The lowest BCUT2D eigenvalue weighted by Crippen LogP contribution is -2.22. The van der Waals surface area contributed by atoms with Gasteiger partial charge in [-0.05, 0) is 70.3 Å². The fourth-order valence-corrected chi connectivity index (χ4v) is 2.70. The lowest BCUT2D eigenvalue weighted by Gasteiger charge is -2.23. The zero-order valence-electron chi connectivity index (χ0n) is 15.5. The van der Waals surface area contributed by atoms with Crippen LogP contribution in [0.1, 0.15) is 72.6 Å². The fraction of sp³-hybridized carbons (Fsp3) is 0.750. The van der Waals surface area contributed by atoms with E-state index in [1.54, 1.807) is 7.11 Å². The summed E-state index contributed by atoms with van der Waals surface area (Å²) in [5.41, 5.74) is 1.48. The number of carboxylic acids is 1. The Morgan fingerprint density at radius 2 is 2.04 bits per heavy atom. The number of hydrogen-bond acceptors (Lipinski definition) is 2. The van der Waals surface area contributed by atoms with Crippen molar-refractivity contribution in [2.24, 2.45) is 11.8 Å². The number of hydrogen-bond donors (Lipinski definition) is 1. The van der Waals surface area contributed by atoms with Gasteiger partial charge in [-0.25, -0.2) is 4.79 Å². The quantitative estimate of drug-likeness (QED) is 0.411. The molecule has 0 heterocycles. The molecule has 0 spiro atoms. The van der Waals surface area contributed by atoms with Crippen molar-refractivity contribution < 1.29 is 14.6 Å². The number of carboxylic acid groups (broad SMARTS) is 1. The maximum atomic E-state index is 11.4. The lowest BCUT2D eigenvalue weighted by atomic mass is 9.94. The van der Waals surface area contributed by atoms with E-state index in [-0.39, 0.29) is 5.60 Å². The predicted octanol–water partition coefficient (Wildman–Crippen LogP) is 5.37. The highest BCUT2D eigenvalue weighted by Crippen LogP contribution is 2.36. The van der Waals surface area contributed by atoms with Gasteiger partial charge in [0.1, 0.15) is 0 Å². The van der Waals surface area contributed by atoms with Crippen LogP contribution in [-0.4, -0.2) is 23.8 Å². The van der Waals surface area contributed by atoms with Crippen LogP contribution in [-0.2, 0) is 9.53 Å². The molecule has 1 unspecified atom stereocenters. The number of carbonyl (C=O) groups is 1. The van der Waals surface area contributed by atoms with Gasteiger partial charge >= 0.3 is 5.97 Å². The second-order valence-electron chi connectivity index (χ2n) is 7.71. The minimum atomic E-state index is -0.756. The molecule has 0 amide bonds. The van der Waals surface area contributed by atoms with Crippen LogP contribution < -0.4 is 0 Å². The molecule has 3 heteroatoms. The van der Waals surface area contributed by atoms with Crippen LogP contribution in [0.3, 0.4) is 0 Å². The van der Waals surface area contributed by atoms with Crippen molar-refractivity contribution in [2.45, 2.75) is 78.2 Å². The van der Waals surface area contributed by atoms with Gasteiger partial charge in [0.05, 0.1) is 5.60 Å². The third-order valence-electron chi connectivity index (χ3n) is 4.86. The maximum absolute atomic E-state index is 11.4. The topological polar surface area (TPSA) is 46.5 Å². The van der Waals surface area contributed by atoms with Gasteiger partial charge < -0.3 is 9.84 Å². The van der Waals surface area contributed by atoms with Crippen LogP contribution in [0.2, 0.25) is 0 Å². The zero-order valence-corrected chi connectivity index (χ0v) is 15.5. The number of rotatable bonds is 11. The Hall–Kier alpha value is -1.09. The van der Waals surface area contributed by atoms with Crippen molar-refractivity contribution >= 4 is 5.97 Å². The fourth-order valence-electron chi connectivity index (χ4n) is 2.70. The van der Waals surface area contributed by atoms with Crippen molar-refractivity contribution in [2.75, 3.05) is 7.11 Å². The summed E-state index contributed by atoms with van der Waals surface area (Å²) in [4.78, 5) is 11.4. The first-order valence-corrected chi connectivity index (χ1v) is 8.90. The van der Waals surface area contributed by atoms with E-state index < -0.39 is 5.97 Å². The van der Waals surface area contributed by atoms with Crippen LogP contribution in [0.25, 0.3) is 0 Å². The summed E-state index contributed by atoms with van der Waals surface area (Å²) < 4.78 is 5.44. The van der Waals surface area contributed by atoms with E-state index in [2.05, 4.69) is 26.8 Å². The molecular weight excluding hydrogens is 288 g/mol. The Labute approximate surface area is 141 Å². The minimum absolute atomic E-state index is 0.0336. The van der Waals surface area contributed by atoms with E-state index in [1.807, 2.05) is 13.0 Å². The molecule has 1 aliphatic rings. The third-order valence-corrected chi connectivity index (χ3v) is 4.86. The van der Waals surface area contributed by atoms with Gasteiger partial charge in [0.25, 0.3) is 0 Å². The number of ether oxygens (including phenoxy) is 1. The van der Waals surface area contributed by atoms with Crippen LogP contribution in [0.15, 0.2) is 23.3 Å². The molecule has 1 atom stereocenters. The molecule has 3 nitrogen and oxygen atoms in total. The summed E-state index contributed by atoms with van der Waals surface area (Å²) >= 11 is 0. The molecule has 132 valence electrons. The number of methoxy groups -OCH3 is 1. The molecule has 0 radical (unpaired) electrons. The Kier molecular flexibility index (Phi) is 8.04. The van der Waals surface area contributed by atoms with Gasteiger partial charge in [0, 0.05) is 12.7 Å². The molecule has 23 heavy (non-hydrogen) atoms. The van der Waals surface area contributed by atoms with Crippen LogP contribution in [0.5, 0.6) is 0 Å². The highest BCUT2D eigenvalue weighted by Gasteiger charge is 2.25. The van der Waals surface area contributed by atoms with Crippen LogP contribution >= 0.6 is 0 Å². The molecule has 1 rings (SSSR count). The Balaban J connectivity index is 2.39. The molecule has 0 aromatic carbocycles. The van der Waals surface area contributed by atoms with Gasteiger partial charge in [-0.2, -0.15) is 0 Å². The molecule has 1 N–H and O–H groups in total. The van der Waals surface area contributed by atoms with Gasteiger partial charge in [0.2, 0.25) is 0 Å². The average Bonchev–Trinajstić information content (AvgIpc) is 3.28. The van der Waals surface area contributed by atoms with Gasteiger partial charge in [-0.1, -0.05) is 31.9 Å². The molecular formula is C20H34O3. The van der Waals surface area contributed by atoms with Crippen LogP contribution in [0, 0.1) is 11.8 Å². The van der Waals surface area contributed by atoms with E-state index in [4.69, 9.17) is 4.74 Å². The molecule has 0 aromatic rings. The number of aliphatic carboxylic acids is 1. The SMILES string of the molecule is COC(C)(C)CCCC(C)CC=CC(C)=C(CC1CC1)C(=O)O. The van der Waals surface area contributed by atoms with E-state index in [1.165, 1.54) is 19.3 Å². The van der Waals surface area contributed by atoms with Crippen molar-refractivity contribution in [1.29, 1.82) is 0 Å². The highest BCUT2D eigenvalue weighted by atomic mass is 16.5. The second-order valence-corrected chi connectivity index (χ2v) is 7.71. The van der Waals surface area contributed by atoms with E-state index in [9.17, 15) is 9.90 Å². The van der Waals surface area contributed by atoms with Crippen molar-refractivity contribution in [1.82, 2.24) is 0 Å². The Morgan fingerprint density at radius 1 is 1.39 bits per heavy atom. The summed E-state index contributed by atoms with van der Waals surface area (Å²) in [7, 11) is 1.77. The Morgan fingerprint density at radius 3 is 2.57 bits per heavy atom. The summed E-state index contributed by atoms with van der Waals surface area (Å²) in [5.74, 6) is 0.463. The minimum Gasteiger partial charge on any atom is -0.478 e. The molecule has 0 aliphatic heterocycles. The first-order valence-electron chi connectivity index (χ1n) is 8.90. The normalized spacial score (nSPS) is 18.1. The zero-order chi connectivity index (χ0) is 17.5. The lowest BCUT2D eigenvalue weighted by molar-refractivity contribution is -0.132. The van der Waals surface area contributed by atoms with Crippen molar-refractivity contribution in [3.8, 4) is 0 Å². The molecule has 0 saturated heterocycles. The second kappa shape index (κ2) is 9.27. The molecule has 1 aliphatic carbocycles. The van der Waals surface area contributed by atoms with Crippen LogP contribution in [0.4, 0.5) is 0 Å². The standard InChI is InChI=1S/C20H34O3/c1-15(9-7-13-20(3,4)23-5)8-6-10-16(2)18(19(21)22)14-17-11-12-17/h6,10,15,17H,7-9,11-14H2,1-5H3,(H,21,22). The first-order chi connectivity index (χ1) is 10.7. The summed E-state index contributed by atoms with van der Waals surface area (Å²) in [6.45, 7) is 8.43. The average molecular weight is 322 g/mol. The maximum Gasteiger partial charge on any atom is 0.331 e. The molecule has 1 saturated carbocycles. The summed E-state index contributed by atoms with van der Waals surface area (Å²) in [6.07, 6.45) is 11.6. The van der Waals surface area contributed by atoms with Crippen molar-refractivity contribution in [3.05, 3.63) is 23.3 Å². The van der Waals surface area contributed by atoms with E-state index in [0.29, 0.717) is 17.4 Å². The monoisotopic (exact) mass is 322 g/mol. The first kappa shape index (κ1) is 20.0. The molecule has 0 aromatic heterocycles. The van der Waals surface area contributed by atoms with Gasteiger partial charge in [-0.15, -0.1) is 0 Å².